The Balaban J connectivity index is 2.32. The van der Waals surface area contributed by atoms with Gasteiger partial charge in [0.25, 0.3) is 0 Å². The third kappa shape index (κ3) is 2.68. The monoisotopic (exact) mass is 263 g/mol. The number of rotatable bonds is 4. The van der Waals surface area contributed by atoms with Crippen molar-refractivity contribution < 1.29 is 14.7 Å². The minimum absolute atomic E-state index is 0.00645. The molecule has 0 aliphatic carbocycles. The molecule has 1 aromatic heterocycles. The van der Waals surface area contributed by atoms with Crippen molar-refractivity contribution in [3.05, 3.63) is 24.1 Å². The predicted molar refractivity (Wildman–Crippen MR) is 69.7 cm³/mol. The molecule has 0 fully saturated rings. The second-order valence-electron chi connectivity index (χ2n) is 4.75. The van der Waals surface area contributed by atoms with E-state index in [0.717, 1.165) is 0 Å². The molecule has 0 aliphatic rings. The Morgan fingerprint density at radius 2 is 2.00 bits per heavy atom. The highest BCUT2D eigenvalue weighted by atomic mass is 16.5. The third-order valence-electron chi connectivity index (χ3n) is 3.05. The zero-order chi connectivity index (χ0) is 14.0. The number of phenols is 2. The van der Waals surface area contributed by atoms with Gasteiger partial charge < -0.3 is 20.5 Å². The fourth-order valence-electron chi connectivity index (χ4n) is 1.82. The van der Waals surface area contributed by atoms with E-state index in [-0.39, 0.29) is 17.4 Å². The van der Waals surface area contributed by atoms with E-state index < -0.39 is 0 Å². The molecule has 0 aliphatic heterocycles. The van der Waals surface area contributed by atoms with Gasteiger partial charge in [-0.15, -0.1) is 0 Å². The number of nitrogens with two attached hydrogens (primary N) is 1. The van der Waals surface area contributed by atoms with Crippen LogP contribution in [0, 0.1) is 5.92 Å². The summed E-state index contributed by atoms with van der Waals surface area (Å²) in [7, 11) is 0. The van der Waals surface area contributed by atoms with Crippen molar-refractivity contribution in [1.29, 1.82) is 0 Å². The number of hydrogen-bond acceptors (Lipinski definition) is 6. The molecule has 102 valence electrons. The summed E-state index contributed by atoms with van der Waals surface area (Å²) in [4.78, 5) is 4.29. The van der Waals surface area contributed by atoms with Crippen LogP contribution in [0.5, 0.6) is 11.5 Å². The van der Waals surface area contributed by atoms with Gasteiger partial charge in [0, 0.05) is 12.1 Å². The first-order valence-corrected chi connectivity index (χ1v) is 6.09. The third-order valence-corrected chi connectivity index (χ3v) is 3.05. The van der Waals surface area contributed by atoms with E-state index in [4.69, 9.17) is 10.3 Å². The van der Waals surface area contributed by atoms with Crippen molar-refractivity contribution in [1.82, 2.24) is 10.1 Å². The molecule has 0 spiro atoms. The van der Waals surface area contributed by atoms with Gasteiger partial charge in [-0.25, -0.2) is 0 Å². The van der Waals surface area contributed by atoms with Gasteiger partial charge >= 0.3 is 0 Å². The van der Waals surface area contributed by atoms with Gasteiger partial charge in [0.2, 0.25) is 11.7 Å². The maximum Gasteiger partial charge on any atom is 0.231 e. The molecule has 6 nitrogen and oxygen atoms in total. The topological polar surface area (TPSA) is 105 Å². The van der Waals surface area contributed by atoms with Crippen molar-refractivity contribution in [3.8, 4) is 22.9 Å². The van der Waals surface area contributed by atoms with Crippen LogP contribution in [-0.2, 0) is 0 Å². The van der Waals surface area contributed by atoms with Gasteiger partial charge in [-0.2, -0.15) is 4.98 Å². The average molecular weight is 263 g/mol. The van der Waals surface area contributed by atoms with Crippen LogP contribution in [0.4, 0.5) is 0 Å². The van der Waals surface area contributed by atoms with Crippen LogP contribution in [0.15, 0.2) is 22.7 Å². The lowest BCUT2D eigenvalue weighted by Gasteiger charge is -2.13. The number of nitrogens with zero attached hydrogens (tertiary/aromatic N) is 2. The Morgan fingerprint density at radius 3 is 2.58 bits per heavy atom. The smallest absolute Gasteiger partial charge is 0.231 e. The Kier molecular flexibility index (Phi) is 3.71. The van der Waals surface area contributed by atoms with Gasteiger partial charge in [-0.1, -0.05) is 19.0 Å². The summed E-state index contributed by atoms with van der Waals surface area (Å²) in [6, 6.07) is 4.37. The van der Waals surface area contributed by atoms with Gasteiger partial charge in [-0.05, 0) is 24.1 Å². The van der Waals surface area contributed by atoms with E-state index in [1.54, 1.807) is 6.07 Å². The van der Waals surface area contributed by atoms with E-state index in [1.165, 1.54) is 12.1 Å². The quantitative estimate of drug-likeness (QED) is 0.727. The first kappa shape index (κ1) is 13.4. The van der Waals surface area contributed by atoms with Crippen LogP contribution in [-0.4, -0.2) is 26.9 Å². The summed E-state index contributed by atoms with van der Waals surface area (Å²) < 4.78 is 5.22. The maximum absolute atomic E-state index is 9.46. The zero-order valence-corrected chi connectivity index (χ0v) is 10.9. The highest BCUT2D eigenvalue weighted by molar-refractivity contribution is 5.59. The summed E-state index contributed by atoms with van der Waals surface area (Å²) in [5.41, 5.74) is 6.27. The van der Waals surface area contributed by atoms with E-state index in [2.05, 4.69) is 10.1 Å². The molecule has 1 aromatic carbocycles. The van der Waals surface area contributed by atoms with Crippen molar-refractivity contribution >= 4 is 0 Å². The Morgan fingerprint density at radius 1 is 1.26 bits per heavy atom. The lowest BCUT2D eigenvalue weighted by Crippen LogP contribution is -2.18. The number of phenolic OH excluding ortho intramolecular Hbond substituents is 2. The van der Waals surface area contributed by atoms with Crippen molar-refractivity contribution in [2.45, 2.75) is 19.8 Å². The summed E-state index contributed by atoms with van der Waals surface area (Å²) in [5.74, 6) is 0.750. The number of aromatic nitrogens is 2. The minimum atomic E-state index is -0.219. The molecule has 6 heteroatoms. The molecule has 2 aromatic rings. The Labute approximate surface area is 110 Å². The van der Waals surface area contributed by atoms with Crippen molar-refractivity contribution in [3.63, 3.8) is 0 Å². The standard InChI is InChI=1S/C13H17N3O3/c1-7(2)9(6-14)13-15-12(16-19-13)8-3-4-10(17)11(18)5-8/h3-5,7,9,17-18H,6,14H2,1-2H3. The molecule has 19 heavy (non-hydrogen) atoms. The number of benzene rings is 1. The van der Waals surface area contributed by atoms with E-state index in [1.807, 2.05) is 13.8 Å². The molecule has 0 saturated heterocycles. The van der Waals surface area contributed by atoms with Gasteiger partial charge in [0.1, 0.15) is 0 Å². The van der Waals surface area contributed by atoms with E-state index >= 15 is 0 Å². The van der Waals surface area contributed by atoms with Gasteiger partial charge in [0.05, 0.1) is 5.92 Å². The highest BCUT2D eigenvalue weighted by Crippen LogP contribution is 2.30. The average Bonchev–Trinajstić information content (AvgIpc) is 2.82. The summed E-state index contributed by atoms with van der Waals surface area (Å²) >= 11 is 0. The minimum Gasteiger partial charge on any atom is -0.504 e. The molecule has 0 bridgehead atoms. The fourth-order valence-corrected chi connectivity index (χ4v) is 1.82. The van der Waals surface area contributed by atoms with Crippen LogP contribution in [0.2, 0.25) is 0 Å². The van der Waals surface area contributed by atoms with Gasteiger partial charge in [-0.3, -0.25) is 0 Å². The lowest BCUT2D eigenvalue weighted by molar-refractivity contribution is 0.324. The normalized spacial score (nSPS) is 12.8. The maximum atomic E-state index is 9.46. The van der Waals surface area contributed by atoms with Crippen LogP contribution in [0.1, 0.15) is 25.7 Å². The molecule has 0 radical (unpaired) electrons. The van der Waals surface area contributed by atoms with Crippen LogP contribution < -0.4 is 5.73 Å². The molecule has 0 amide bonds. The largest absolute Gasteiger partial charge is 0.504 e. The SMILES string of the molecule is CC(C)C(CN)c1nc(-c2ccc(O)c(O)c2)no1. The second kappa shape index (κ2) is 5.27. The number of aromatic hydroxyl groups is 2. The molecule has 0 saturated carbocycles. The second-order valence-corrected chi connectivity index (χ2v) is 4.75. The molecule has 4 N–H and O–H groups in total. The first-order valence-electron chi connectivity index (χ1n) is 6.09. The molecule has 1 unspecified atom stereocenters. The van der Waals surface area contributed by atoms with Gasteiger partial charge in [0.15, 0.2) is 11.5 Å². The molecular weight excluding hydrogens is 246 g/mol. The van der Waals surface area contributed by atoms with Crippen LogP contribution in [0.3, 0.4) is 0 Å². The lowest BCUT2D eigenvalue weighted by atomic mass is 9.96. The molecule has 2 rings (SSSR count). The fraction of sp³-hybridized carbons (Fsp3) is 0.385. The Bertz CT molecular complexity index is 566. The van der Waals surface area contributed by atoms with Crippen LogP contribution in [0.25, 0.3) is 11.4 Å². The van der Waals surface area contributed by atoms with Crippen molar-refractivity contribution in [2.75, 3.05) is 6.54 Å². The number of hydrogen-bond donors (Lipinski definition) is 3. The molecule has 1 heterocycles. The summed E-state index contributed by atoms with van der Waals surface area (Å²) in [6.07, 6.45) is 0. The van der Waals surface area contributed by atoms with Crippen molar-refractivity contribution in [2.24, 2.45) is 11.7 Å². The highest BCUT2D eigenvalue weighted by Gasteiger charge is 2.21. The summed E-state index contributed by atoms with van der Waals surface area (Å²) in [5, 5.41) is 22.6. The summed E-state index contributed by atoms with van der Waals surface area (Å²) in [6.45, 7) is 4.50. The molecular formula is C13H17N3O3. The van der Waals surface area contributed by atoms with E-state index in [9.17, 15) is 10.2 Å². The predicted octanol–water partition coefficient (Wildman–Crippen LogP) is 1.85. The molecule has 1 atom stereocenters. The van der Waals surface area contributed by atoms with Crippen LogP contribution >= 0.6 is 0 Å². The first-order chi connectivity index (χ1) is 9.02. The Hall–Kier alpha value is -2.08. The zero-order valence-electron chi connectivity index (χ0n) is 10.9. The van der Waals surface area contributed by atoms with E-state index in [0.29, 0.717) is 29.7 Å².